The smallest absolute Gasteiger partial charge is 0.128 e. The van der Waals surface area contributed by atoms with Crippen molar-refractivity contribution >= 4 is 22.6 Å². The van der Waals surface area contributed by atoms with Crippen molar-refractivity contribution in [1.82, 2.24) is 9.55 Å². The molecule has 0 saturated carbocycles. The molecule has 0 bridgehead atoms. The van der Waals surface area contributed by atoms with Crippen LogP contribution >= 0.6 is 11.6 Å². The predicted octanol–water partition coefficient (Wildman–Crippen LogP) is 5.82. The lowest BCUT2D eigenvalue weighted by atomic mass is 9.81. The third-order valence-electron chi connectivity index (χ3n) is 3.84. The number of alkyl halides is 1. The number of benzene rings is 1. The molecule has 0 fully saturated rings. The summed E-state index contributed by atoms with van der Waals surface area (Å²) in [5, 5.41) is -0.101. The maximum Gasteiger partial charge on any atom is 0.128 e. The summed E-state index contributed by atoms with van der Waals surface area (Å²) in [6.07, 6.45) is 1.07. The number of aryl methyl sites for hydroxylation is 1. The van der Waals surface area contributed by atoms with Crippen molar-refractivity contribution in [3.8, 4) is 0 Å². The standard InChI is InChI=1S/C18H27ClN2/c1-12-9-8-10-14-15(12)20-16(13(2)19)21(14)18(6,7)11-17(3,4)5/h8-10,13H,11H2,1-7H3. The summed E-state index contributed by atoms with van der Waals surface area (Å²) >= 11 is 6.43. The number of hydrogen-bond donors (Lipinski definition) is 0. The molecule has 2 aromatic rings. The van der Waals surface area contributed by atoms with Crippen molar-refractivity contribution in [3.63, 3.8) is 0 Å². The van der Waals surface area contributed by atoms with Crippen LogP contribution in [0.3, 0.4) is 0 Å². The first kappa shape index (κ1) is 16.4. The van der Waals surface area contributed by atoms with Crippen LogP contribution in [0.1, 0.15) is 64.7 Å². The van der Waals surface area contributed by atoms with Crippen LogP contribution in [0.2, 0.25) is 0 Å². The Morgan fingerprint density at radius 1 is 1.19 bits per heavy atom. The van der Waals surface area contributed by atoms with E-state index in [0.29, 0.717) is 0 Å². The minimum Gasteiger partial charge on any atom is -0.321 e. The van der Waals surface area contributed by atoms with Crippen molar-refractivity contribution < 1.29 is 0 Å². The fourth-order valence-electron chi connectivity index (χ4n) is 3.54. The summed E-state index contributed by atoms with van der Waals surface area (Å²) in [7, 11) is 0. The molecule has 0 radical (unpaired) electrons. The number of hydrogen-bond acceptors (Lipinski definition) is 1. The Balaban J connectivity index is 2.71. The summed E-state index contributed by atoms with van der Waals surface area (Å²) in [6, 6.07) is 6.37. The molecule has 2 rings (SSSR count). The third kappa shape index (κ3) is 3.26. The Morgan fingerprint density at radius 3 is 2.33 bits per heavy atom. The molecule has 21 heavy (non-hydrogen) atoms. The van der Waals surface area contributed by atoms with Crippen molar-refractivity contribution in [2.45, 2.75) is 65.8 Å². The number of fused-ring (bicyclic) bond motifs is 1. The van der Waals surface area contributed by atoms with Crippen LogP contribution in [0.15, 0.2) is 18.2 Å². The quantitative estimate of drug-likeness (QED) is 0.654. The maximum absolute atomic E-state index is 6.43. The highest BCUT2D eigenvalue weighted by atomic mass is 35.5. The van der Waals surface area contributed by atoms with Crippen molar-refractivity contribution in [2.75, 3.05) is 0 Å². The van der Waals surface area contributed by atoms with Gasteiger partial charge in [-0.2, -0.15) is 0 Å². The van der Waals surface area contributed by atoms with Crippen LogP contribution < -0.4 is 0 Å². The molecule has 0 aliphatic rings. The molecule has 2 nitrogen and oxygen atoms in total. The number of imidazole rings is 1. The molecular weight excluding hydrogens is 280 g/mol. The van der Waals surface area contributed by atoms with E-state index in [1.54, 1.807) is 0 Å². The highest BCUT2D eigenvalue weighted by molar-refractivity contribution is 6.20. The van der Waals surface area contributed by atoms with Crippen LogP contribution in [-0.4, -0.2) is 9.55 Å². The molecule has 0 aliphatic carbocycles. The van der Waals surface area contributed by atoms with E-state index in [1.165, 1.54) is 11.1 Å². The highest BCUT2D eigenvalue weighted by Gasteiger charge is 2.32. The third-order valence-corrected chi connectivity index (χ3v) is 4.03. The highest BCUT2D eigenvalue weighted by Crippen LogP contribution is 2.38. The van der Waals surface area contributed by atoms with E-state index in [4.69, 9.17) is 16.6 Å². The van der Waals surface area contributed by atoms with E-state index in [1.807, 2.05) is 6.92 Å². The molecule has 1 heterocycles. The lowest BCUT2D eigenvalue weighted by Gasteiger charge is -2.36. The summed E-state index contributed by atoms with van der Waals surface area (Å²) < 4.78 is 2.35. The Hall–Kier alpha value is -1.02. The Morgan fingerprint density at radius 2 is 1.81 bits per heavy atom. The Labute approximate surface area is 133 Å². The van der Waals surface area contributed by atoms with E-state index in [9.17, 15) is 0 Å². The summed E-state index contributed by atoms with van der Waals surface area (Å²) in [5.74, 6) is 0.968. The molecule has 1 atom stereocenters. The molecule has 3 heteroatoms. The van der Waals surface area contributed by atoms with Gasteiger partial charge in [0.2, 0.25) is 0 Å². The van der Waals surface area contributed by atoms with Gasteiger partial charge in [-0.05, 0) is 51.2 Å². The van der Waals surface area contributed by atoms with Crippen molar-refractivity contribution in [1.29, 1.82) is 0 Å². The van der Waals surface area contributed by atoms with E-state index < -0.39 is 0 Å². The first-order chi connectivity index (χ1) is 9.53. The number of aromatic nitrogens is 2. The summed E-state index contributed by atoms with van der Waals surface area (Å²) in [4.78, 5) is 4.84. The lowest BCUT2D eigenvalue weighted by Crippen LogP contribution is -2.33. The maximum atomic E-state index is 6.43. The lowest BCUT2D eigenvalue weighted by molar-refractivity contribution is 0.215. The molecular formula is C18H27ClN2. The molecule has 1 aromatic heterocycles. The van der Waals surface area contributed by atoms with Gasteiger partial charge >= 0.3 is 0 Å². The molecule has 0 spiro atoms. The molecule has 1 aromatic carbocycles. The zero-order valence-electron chi connectivity index (χ0n) is 14.3. The average Bonchev–Trinajstić information content (AvgIpc) is 2.67. The van der Waals surface area contributed by atoms with Crippen LogP contribution in [0.5, 0.6) is 0 Å². The molecule has 116 valence electrons. The normalized spacial score (nSPS) is 14.7. The molecule has 0 N–H and O–H groups in total. The number of rotatable bonds is 3. The Bertz CT molecular complexity index is 645. The zero-order valence-corrected chi connectivity index (χ0v) is 15.0. The Kier molecular flexibility index (Phi) is 4.14. The van der Waals surface area contributed by atoms with Gasteiger partial charge in [0.25, 0.3) is 0 Å². The first-order valence-corrected chi connectivity index (χ1v) is 8.09. The number of nitrogens with zero attached hydrogens (tertiary/aromatic N) is 2. The predicted molar refractivity (Wildman–Crippen MR) is 92.1 cm³/mol. The SMILES string of the molecule is Cc1cccc2c1nc(C(C)Cl)n2C(C)(C)CC(C)(C)C. The summed E-state index contributed by atoms with van der Waals surface area (Å²) in [5.41, 5.74) is 3.68. The average molecular weight is 307 g/mol. The van der Waals surface area contributed by atoms with E-state index >= 15 is 0 Å². The summed E-state index contributed by atoms with van der Waals surface area (Å²) in [6.45, 7) is 15.5. The fraction of sp³-hybridized carbons (Fsp3) is 0.611. The van der Waals surface area contributed by atoms with Gasteiger partial charge in [0.05, 0.1) is 16.4 Å². The van der Waals surface area contributed by atoms with Crippen LogP contribution in [0.25, 0.3) is 11.0 Å². The first-order valence-electron chi connectivity index (χ1n) is 7.65. The topological polar surface area (TPSA) is 17.8 Å². The van der Waals surface area contributed by atoms with E-state index in [0.717, 1.165) is 17.8 Å². The molecule has 0 amide bonds. The van der Waals surface area contributed by atoms with E-state index in [-0.39, 0.29) is 16.3 Å². The monoisotopic (exact) mass is 306 g/mol. The second-order valence-electron chi connectivity index (χ2n) is 7.91. The van der Waals surface area contributed by atoms with Gasteiger partial charge in [0, 0.05) is 5.54 Å². The largest absolute Gasteiger partial charge is 0.321 e. The molecule has 0 aliphatic heterocycles. The van der Waals surface area contributed by atoms with E-state index in [2.05, 4.69) is 64.3 Å². The van der Waals surface area contributed by atoms with Gasteiger partial charge in [0.15, 0.2) is 0 Å². The minimum absolute atomic E-state index is 0.0285. The van der Waals surface area contributed by atoms with Gasteiger partial charge in [-0.1, -0.05) is 32.9 Å². The fourth-order valence-corrected chi connectivity index (χ4v) is 3.68. The van der Waals surface area contributed by atoms with Crippen LogP contribution in [-0.2, 0) is 5.54 Å². The molecule has 1 unspecified atom stereocenters. The van der Waals surface area contributed by atoms with Gasteiger partial charge in [0.1, 0.15) is 5.82 Å². The second-order valence-corrected chi connectivity index (χ2v) is 8.57. The van der Waals surface area contributed by atoms with Crippen LogP contribution in [0, 0.1) is 12.3 Å². The number of halogens is 1. The van der Waals surface area contributed by atoms with Crippen molar-refractivity contribution in [2.24, 2.45) is 5.41 Å². The van der Waals surface area contributed by atoms with Gasteiger partial charge < -0.3 is 4.57 Å². The second kappa shape index (κ2) is 5.31. The van der Waals surface area contributed by atoms with Gasteiger partial charge in [-0.15, -0.1) is 11.6 Å². The molecule has 0 saturated heterocycles. The number of para-hydroxylation sites is 1. The minimum atomic E-state index is -0.101. The van der Waals surface area contributed by atoms with Crippen molar-refractivity contribution in [3.05, 3.63) is 29.6 Å². The van der Waals surface area contributed by atoms with Gasteiger partial charge in [-0.3, -0.25) is 0 Å². The van der Waals surface area contributed by atoms with Crippen LogP contribution in [0.4, 0.5) is 0 Å². The van der Waals surface area contributed by atoms with Gasteiger partial charge in [-0.25, -0.2) is 4.98 Å². The zero-order chi connectivity index (χ0) is 16.0.